The number of primary amides is 1. The maximum absolute atomic E-state index is 12.4. The lowest BCUT2D eigenvalue weighted by Crippen LogP contribution is -2.20. The van der Waals surface area contributed by atoms with Gasteiger partial charge in [0.05, 0.1) is 4.88 Å². The van der Waals surface area contributed by atoms with E-state index in [0.29, 0.717) is 26.4 Å². The first-order valence-corrected chi connectivity index (χ1v) is 9.37. The van der Waals surface area contributed by atoms with Gasteiger partial charge in [-0.2, -0.15) is 0 Å². The molecule has 0 aliphatic rings. The molecule has 3 N–H and O–H groups in total. The number of hydrogen-bond acceptors (Lipinski definition) is 4. The highest BCUT2D eigenvalue weighted by Crippen LogP contribution is 2.32. The molecule has 0 saturated heterocycles. The van der Waals surface area contributed by atoms with E-state index in [9.17, 15) is 9.59 Å². The number of hydrogen-bond donors (Lipinski definition) is 2. The summed E-state index contributed by atoms with van der Waals surface area (Å²) in [5.41, 5.74) is 6.48. The van der Waals surface area contributed by atoms with E-state index >= 15 is 0 Å². The van der Waals surface area contributed by atoms with Gasteiger partial charge in [-0.3, -0.25) is 9.59 Å². The second-order valence-corrected chi connectivity index (χ2v) is 7.51. The monoisotopic (exact) mass is 420 g/mol. The first kappa shape index (κ1) is 19.2. The molecule has 1 heterocycles. The number of anilines is 1. The number of nitrogens with one attached hydrogen (secondary N) is 1. The normalized spacial score (nSPS) is 10.4. The lowest BCUT2D eigenvalue weighted by molar-refractivity contribution is -0.119. The molecule has 0 bridgehead atoms. The van der Waals surface area contributed by atoms with Gasteiger partial charge in [-0.1, -0.05) is 23.2 Å². The molecule has 3 rings (SSSR count). The van der Waals surface area contributed by atoms with E-state index in [1.54, 1.807) is 48.5 Å². The van der Waals surface area contributed by atoms with Crippen LogP contribution in [-0.2, 0) is 4.79 Å². The van der Waals surface area contributed by atoms with Crippen LogP contribution < -0.4 is 15.8 Å². The van der Waals surface area contributed by atoms with Crippen molar-refractivity contribution in [3.63, 3.8) is 0 Å². The van der Waals surface area contributed by atoms with Crippen molar-refractivity contribution in [2.45, 2.75) is 0 Å². The Kier molecular flexibility index (Phi) is 6.01. The Morgan fingerprint density at radius 3 is 2.30 bits per heavy atom. The van der Waals surface area contributed by atoms with Crippen LogP contribution in [0.1, 0.15) is 9.67 Å². The first-order chi connectivity index (χ1) is 12.9. The van der Waals surface area contributed by atoms with Crippen LogP contribution in [0.3, 0.4) is 0 Å². The van der Waals surface area contributed by atoms with Crippen LogP contribution in [0.15, 0.2) is 54.6 Å². The molecule has 0 atom stereocenters. The van der Waals surface area contributed by atoms with E-state index in [-0.39, 0.29) is 12.5 Å². The van der Waals surface area contributed by atoms with Crippen molar-refractivity contribution >= 4 is 52.0 Å². The minimum absolute atomic E-state index is 0.197. The second kappa shape index (κ2) is 8.43. The molecule has 2 aromatic carbocycles. The topological polar surface area (TPSA) is 81.4 Å². The average Bonchev–Trinajstić information content (AvgIpc) is 3.10. The van der Waals surface area contributed by atoms with Crippen LogP contribution in [-0.4, -0.2) is 18.4 Å². The number of benzene rings is 2. The molecule has 0 radical (unpaired) electrons. The van der Waals surface area contributed by atoms with Crippen molar-refractivity contribution in [3.05, 3.63) is 69.5 Å². The fourth-order valence-electron chi connectivity index (χ4n) is 2.29. The number of amides is 2. The molecule has 0 aliphatic carbocycles. The SMILES string of the molecule is NC(=O)COc1ccc(NC(=O)c2ccc(-c3cc(Cl)cc(Cl)c3)s2)cc1. The van der Waals surface area contributed by atoms with E-state index < -0.39 is 5.91 Å². The Morgan fingerprint density at radius 1 is 1.00 bits per heavy atom. The van der Waals surface area contributed by atoms with E-state index in [1.807, 2.05) is 6.07 Å². The zero-order valence-corrected chi connectivity index (χ0v) is 16.2. The molecule has 5 nitrogen and oxygen atoms in total. The van der Waals surface area contributed by atoms with Gasteiger partial charge in [-0.05, 0) is 60.2 Å². The maximum Gasteiger partial charge on any atom is 0.265 e. The average molecular weight is 421 g/mol. The summed E-state index contributed by atoms with van der Waals surface area (Å²) in [6.07, 6.45) is 0. The van der Waals surface area contributed by atoms with Crippen LogP contribution in [0.25, 0.3) is 10.4 Å². The number of ether oxygens (including phenoxy) is 1. The van der Waals surface area contributed by atoms with Crippen molar-refractivity contribution in [2.24, 2.45) is 5.73 Å². The van der Waals surface area contributed by atoms with Crippen molar-refractivity contribution in [1.29, 1.82) is 0 Å². The van der Waals surface area contributed by atoms with Crippen molar-refractivity contribution in [1.82, 2.24) is 0 Å². The third-order valence-corrected chi connectivity index (χ3v) is 5.04. The summed E-state index contributed by atoms with van der Waals surface area (Å²) in [6.45, 7) is -0.197. The van der Waals surface area contributed by atoms with Gasteiger partial charge in [0.1, 0.15) is 5.75 Å². The van der Waals surface area contributed by atoms with E-state index in [0.717, 1.165) is 10.4 Å². The van der Waals surface area contributed by atoms with Gasteiger partial charge < -0.3 is 15.8 Å². The van der Waals surface area contributed by atoms with Gasteiger partial charge in [-0.15, -0.1) is 11.3 Å². The van der Waals surface area contributed by atoms with Gasteiger partial charge in [-0.25, -0.2) is 0 Å². The molecule has 8 heteroatoms. The highest BCUT2D eigenvalue weighted by molar-refractivity contribution is 7.17. The molecule has 0 aliphatic heterocycles. The number of rotatable bonds is 6. The molecular formula is C19H14Cl2N2O3S. The lowest BCUT2D eigenvalue weighted by atomic mass is 10.2. The van der Waals surface area contributed by atoms with Crippen molar-refractivity contribution < 1.29 is 14.3 Å². The predicted molar refractivity (Wildman–Crippen MR) is 109 cm³/mol. The number of thiophene rings is 1. The van der Waals surface area contributed by atoms with E-state index in [4.69, 9.17) is 33.7 Å². The molecule has 1 aromatic heterocycles. The summed E-state index contributed by atoms with van der Waals surface area (Å²) in [4.78, 5) is 24.6. The molecule has 0 saturated carbocycles. The number of carbonyl (C=O) groups is 2. The largest absolute Gasteiger partial charge is 0.484 e. The van der Waals surface area contributed by atoms with Crippen LogP contribution in [0.5, 0.6) is 5.75 Å². The van der Waals surface area contributed by atoms with E-state index in [2.05, 4.69) is 5.32 Å². The number of halogens is 2. The zero-order valence-electron chi connectivity index (χ0n) is 13.9. The Balaban J connectivity index is 1.68. The molecule has 0 spiro atoms. The summed E-state index contributed by atoms with van der Waals surface area (Å²) < 4.78 is 5.18. The second-order valence-electron chi connectivity index (χ2n) is 5.56. The van der Waals surface area contributed by atoms with Crippen LogP contribution >= 0.6 is 34.5 Å². The zero-order chi connectivity index (χ0) is 19.4. The number of nitrogens with two attached hydrogens (primary N) is 1. The summed E-state index contributed by atoms with van der Waals surface area (Å²) in [5.74, 6) is -0.296. The summed E-state index contributed by atoms with van der Waals surface area (Å²) in [7, 11) is 0. The molecule has 138 valence electrons. The summed E-state index contributed by atoms with van der Waals surface area (Å²) in [5, 5.41) is 3.89. The fraction of sp³-hybridized carbons (Fsp3) is 0.0526. The Labute approximate surface area is 169 Å². The highest BCUT2D eigenvalue weighted by atomic mass is 35.5. The maximum atomic E-state index is 12.4. The van der Waals surface area contributed by atoms with Crippen molar-refractivity contribution in [2.75, 3.05) is 11.9 Å². The molecule has 0 fully saturated rings. The smallest absolute Gasteiger partial charge is 0.265 e. The van der Waals surface area contributed by atoms with Crippen molar-refractivity contribution in [3.8, 4) is 16.2 Å². The molecule has 0 unspecified atom stereocenters. The summed E-state index contributed by atoms with van der Waals surface area (Å²) >= 11 is 13.4. The minimum Gasteiger partial charge on any atom is -0.484 e. The van der Waals surface area contributed by atoms with Gasteiger partial charge in [0.25, 0.3) is 11.8 Å². The standard InChI is InChI=1S/C19H14Cl2N2O3S/c20-12-7-11(8-13(21)9-12)16-5-6-17(27-16)19(25)23-14-1-3-15(4-2-14)26-10-18(22)24/h1-9H,10H2,(H2,22,24)(H,23,25). The molecule has 3 aromatic rings. The number of carbonyl (C=O) groups excluding carboxylic acids is 2. The van der Waals surface area contributed by atoms with Gasteiger partial charge >= 0.3 is 0 Å². The quantitative estimate of drug-likeness (QED) is 0.598. The molecule has 27 heavy (non-hydrogen) atoms. The Bertz CT molecular complexity index is 967. The predicted octanol–water partition coefficient (Wildman–Crippen LogP) is 4.84. The van der Waals surface area contributed by atoms with Gasteiger partial charge in [0.2, 0.25) is 0 Å². The van der Waals surface area contributed by atoms with Crippen LogP contribution in [0.4, 0.5) is 5.69 Å². The summed E-state index contributed by atoms with van der Waals surface area (Å²) in [6, 6.07) is 15.5. The van der Waals surface area contributed by atoms with Gasteiger partial charge in [0.15, 0.2) is 6.61 Å². The highest BCUT2D eigenvalue weighted by Gasteiger charge is 2.12. The first-order valence-electron chi connectivity index (χ1n) is 7.79. The Hall–Kier alpha value is -2.54. The molecular weight excluding hydrogens is 407 g/mol. The third kappa shape index (κ3) is 5.23. The Morgan fingerprint density at radius 2 is 1.67 bits per heavy atom. The fourth-order valence-corrected chi connectivity index (χ4v) is 3.71. The van der Waals surface area contributed by atoms with E-state index in [1.165, 1.54) is 11.3 Å². The lowest BCUT2D eigenvalue weighted by Gasteiger charge is -2.06. The third-order valence-electron chi connectivity index (χ3n) is 3.47. The molecule has 2 amide bonds. The van der Waals surface area contributed by atoms with Crippen LogP contribution in [0, 0.1) is 0 Å². The van der Waals surface area contributed by atoms with Crippen LogP contribution in [0.2, 0.25) is 10.0 Å². The van der Waals surface area contributed by atoms with Gasteiger partial charge in [0, 0.05) is 20.6 Å². The minimum atomic E-state index is -0.554.